The van der Waals surface area contributed by atoms with Crippen molar-refractivity contribution in [1.82, 2.24) is 0 Å². The van der Waals surface area contributed by atoms with Crippen LogP contribution in [0.5, 0.6) is 0 Å². The van der Waals surface area contributed by atoms with Crippen LogP contribution in [0.15, 0.2) is 28.7 Å². The summed E-state index contributed by atoms with van der Waals surface area (Å²) < 4.78 is 5.93. The van der Waals surface area contributed by atoms with Crippen LogP contribution in [0, 0.1) is 11.8 Å². The van der Waals surface area contributed by atoms with Gasteiger partial charge in [0.15, 0.2) is 0 Å². The fourth-order valence-electron chi connectivity index (χ4n) is 2.01. The van der Waals surface area contributed by atoms with Crippen LogP contribution in [0.2, 0.25) is 0 Å². The van der Waals surface area contributed by atoms with Gasteiger partial charge in [-0.2, -0.15) is 0 Å². The molecule has 3 heteroatoms. The zero-order chi connectivity index (χ0) is 11.5. The Morgan fingerprint density at radius 1 is 1.56 bits per heavy atom. The highest BCUT2D eigenvalue weighted by molar-refractivity contribution is 9.10. The average Bonchev–Trinajstić information content (AvgIpc) is 3.09. The SMILES string of the molecule is COC(=O)C(Cc1cccc(Br)c1)C1CC1. The first-order chi connectivity index (χ1) is 7.70. The van der Waals surface area contributed by atoms with Gasteiger partial charge >= 0.3 is 5.97 Å². The van der Waals surface area contributed by atoms with E-state index in [0.717, 1.165) is 23.7 Å². The maximum absolute atomic E-state index is 11.6. The summed E-state index contributed by atoms with van der Waals surface area (Å²) in [6.45, 7) is 0. The summed E-state index contributed by atoms with van der Waals surface area (Å²) in [5.41, 5.74) is 1.19. The molecule has 0 radical (unpaired) electrons. The first-order valence-electron chi connectivity index (χ1n) is 5.53. The highest BCUT2D eigenvalue weighted by Crippen LogP contribution is 2.39. The number of hydrogen-bond acceptors (Lipinski definition) is 2. The molecule has 1 aliphatic carbocycles. The molecule has 2 nitrogen and oxygen atoms in total. The molecule has 0 spiro atoms. The van der Waals surface area contributed by atoms with Crippen molar-refractivity contribution < 1.29 is 9.53 Å². The van der Waals surface area contributed by atoms with Gasteiger partial charge in [0.2, 0.25) is 0 Å². The molecule has 1 unspecified atom stereocenters. The Hall–Kier alpha value is -0.830. The zero-order valence-corrected chi connectivity index (χ0v) is 10.9. The van der Waals surface area contributed by atoms with E-state index in [2.05, 4.69) is 28.1 Å². The quantitative estimate of drug-likeness (QED) is 0.793. The number of rotatable bonds is 4. The third-order valence-electron chi connectivity index (χ3n) is 3.04. The molecule has 1 atom stereocenters. The van der Waals surface area contributed by atoms with Crippen molar-refractivity contribution in [3.8, 4) is 0 Å². The average molecular weight is 283 g/mol. The summed E-state index contributed by atoms with van der Waals surface area (Å²) in [5.74, 6) is 0.508. The molecule has 1 fully saturated rings. The van der Waals surface area contributed by atoms with Gasteiger partial charge < -0.3 is 4.74 Å². The third kappa shape index (κ3) is 2.85. The van der Waals surface area contributed by atoms with Crippen LogP contribution in [0.3, 0.4) is 0 Å². The van der Waals surface area contributed by atoms with Gasteiger partial charge in [0, 0.05) is 4.47 Å². The van der Waals surface area contributed by atoms with Crippen molar-refractivity contribution in [2.45, 2.75) is 19.3 Å². The summed E-state index contributed by atoms with van der Waals surface area (Å²) in [5, 5.41) is 0. The van der Waals surface area contributed by atoms with Crippen LogP contribution in [-0.4, -0.2) is 13.1 Å². The van der Waals surface area contributed by atoms with Crippen molar-refractivity contribution in [2.75, 3.05) is 7.11 Å². The Balaban J connectivity index is 2.08. The number of halogens is 1. The monoisotopic (exact) mass is 282 g/mol. The predicted molar refractivity (Wildman–Crippen MR) is 66.1 cm³/mol. The van der Waals surface area contributed by atoms with Gasteiger partial charge in [-0.3, -0.25) is 4.79 Å². The van der Waals surface area contributed by atoms with Gasteiger partial charge in [0.1, 0.15) is 0 Å². The summed E-state index contributed by atoms with van der Waals surface area (Å²) >= 11 is 3.44. The lowest BCUT2D eigenvalue weighted by molar-refractivity contribution is -0.146. The molecule has 1 aromatic rings. The standard InChI is InChI=1S/C13H15BrO2/c1-16-13(15)12(10-5-6-10)8-9-3-2-4-11(14)7-9/h2-4,7,10,12H,5-6,8H2,1H3. The minimum atomic E-state index is -0.0672. The Morgan fingerprint density at radius 2 is 2.31 bits per heavy atom. The van der Waals surface area contributed by atoms with E-state index in [4.69, 9.17) is 4.74 Å². The van der Waals surface area contributed by atoms with Gasteiger partial charge in [0.25, 0.3) is 0 Å². The smallest absolute Gasteiger partial charge is 0.309 e. The topological polar surface area (TPSA) is 26.3 Å². The van der Waals surface area contributed by atoms with Crippen molar-refractivity contribution in [1.29, 1.82) is 0 Å². The second-order valence-corrected chi connectivity index (χ2v) is 5.22. The predicted octanol–water partition coefficient (Wildman–Crippen LogP) is 3.19. The van der Waals surface area contributed by atoms with Gasteiger partial charge in [0.05, 0.1) is 13.0 Å². The molecule has 1 aromatic carbocycles. The number of hydrogen-bond donors (Lipinski definition) is 0. The second kappa shape index (κ2) is 5.00. The van der Waals surface area contributed by atoms with Crippen LogP contribution >= 0.6 is 15.9 Å². The van der Waals surface area contributed by atoms with Crippen molar-refractivity contribution in [3.05, 3.63) is 34.3 Å². The molecule has 1 aliphatic rings. The van der Waals surface area contributed by atoms with Crippen molar-refractivity contribution >= 4 is 21.9 Å². The molecule has 0 aromatic heterocycles. The minimum absolute atomic E-state index is 0.0410. The third-order valence-corrected chi connectivity index (χ3v) is 3.53. The van der Waals surface area contributed by atoms with E-state index in [-0.39, 0.29) is 11.9 Å². The number of benzene rings is 1. The highest BCUT2D eigenvalue weighted by Gasteiger charge is 2.36. The van der Waals surface area contributed by atoms with Gasteiger partial charge in [-0.25, -0.2) is 0 Å². The van der Waals surface area contributed by atoms with Crippen LogP contribution in [0.25, 0.3) is 0 Å². The molecule has 2 rings (SSSR count). The zero-order valence-electron chi connectivity index (χ0n) is 9.28. The first kappa shape index (κ1) is 11.6. The van der Waals surface area contributed by atoms with Crippen LogP contribution < -0.4 is 0 Å². The van der Waals surface area contributed by atoms with E-state index in [1.807, 2.05) is 12.1 Å². The van der Waals surface area contributed by atoms with E-state index < -0.39 is 0 Å². The lowest BCUT2D eigenvalue weighted by Crippen LogP contribution is -2.20. The van der Waals surface area contributed by atoms with Gasteiger partial charge in [-0.15, -0.1) is 0 Å². The Labute approximate surface area is 104 Å². The van der Waals surface area contributed by atoms with E-state index >= 15 is 0 Å². The lowest BCUT2D eigenvalue weighted by Gasteiger charge is -2.13. The largest absolute Gasteiger partial charge is 0.469 e. The van der Waals surface area contributed by atoms with E-state index in [1.165, 1.54) is 12.7 Å². The molecule has 16 heavy (non-hydrogen) atoms. The number of esters is 1. The van der Waals surface area contributed by atoms with E-state index in [0.29, 0.717) is 5.92 Å². The fraction of sp³-hybridized carbons (Fsp3) is 0.462. The van der Waals surface area contributed by atoms with Crippen molar-refractivity contribution in [2.24, 2.45) is 11.8 Å². The van der Waals surface area contributed by atoms with E-state index in [1.54, 1.807) is 0 Å². The Bertz CT molecular complexity index is 385. The molecule has 0 amide bonds. The summed E-state index contributed by atoms with van der Waals surface area (Å²) in [4.78, 5) is 11.6. The lowest BCUT2D eigenvalue weighted by atomic mass is 9.95. The number of methoxy groups -OCH3 is 1. The summed E-state index contributed by atoms with van der Waals surface area (Å²) in [7, 11) is 1.47. The number of ether oxygens (including phenoxy) is 1. The molecule has 0 heterocycles. The maximum Gasteiger partial charge on any atom is 0.309 e. The van der Waals surface area contributed by atoms with Gasteiger partial charge in [-0.05, 0) is 42.9 Å². The highest BCUT2D eigenvalue weighted by atomic mass is 79.9. The number of carbonyl (C=O) groups excluding carboxylic acids is 1. The summed E-state index contributed by atoms with van der Waals surface area (Å²) in [6, 6.07) is 8.12. The van der Waals surface area contributed by atoms with Crippen LogP contribution in [-0.2, 0) is 16.0 Å². The minimum Gasteiger partial charge on any atom is -0.469 e. The van der Waals surface area contributed by atoms with E-state index in [9.17, 15) is 4.79 Å². The molecule has 1 saturated carbocycles. The fourth-order valence-corrected chi connectivity index (χ4v) is 2.46. The Morgan fingerprint density at radius 3 is 2.88 bits per heavy atom. The van der Waals surface area contributed by atoms with Crippen molar-refractivity contribution in [3.63, 3.8) is 0 Å². The molecule has 0 bridgehead atoms. The second-order valence-electron chi connectivity index (χ2n) is 4.30. The summed E-state index contributed by atoms with van der Waals surface area (Å²) in [6.07, 6.45) is 3.11. The normalized spacial score (nSPS) is 16.9. The molecule has 0 N–H and O–H groups in total. The maximum atomic E-state index is 11.6. The molecular weight excluding hydrogens is 268 g/mol. The van der Waals surface area contributed by atoms with Crippen LogP contribution in [0.4, 0.5) is 0 Å². The molecule has 0 saturated heterocycles. The number of carbonyl (C=O) groups is 1. The molecule has 86 valence electrons. The molecule has 0 aliphatic heterocycles. The van der Waals surface area contributed by atoms with Crippen LogP contribution in [0.1, 0.15) is 18.4 Å². The first-order valence-corrected chi connectivity index (χ1v) is 6.32. The van der Waals surface area contributed by atoms with Gasteiger partial charge in [-0.1, -0.05) is 28.1 Å². The Kier molecular flexibility index (Phi) is 3.64. The molecular formula is C13H15BrO2.